The van der Waals surface area contributed by atoms with Gasteiger partial charge in [-0.2, -0.15) is 0 Å². The molecule has 21 heavy (non-hydrogen) atoms. The predicted molar refractivity (Wildman–Crippen MR) is 88.6 cm³/mol. The summed E-state index contributed by atoms with van der Waals surface area (Å²) in [6.45, 7) is 14.7. The second-order valence-electron chi connectivity index (χ2n) is 6.88. The van der Waals surface area contributed by atoms with Crippen molar-refractivity contribution in [1.82, 2.24) is 9.88 Å². The molecule has 2 aromatic heterocycles. The first-order chi connectivity index (χ1) is 9.75. The molecule has 0 radical (unpaired) electrons. The van der Waals surface area contributed by atoms with E-state index in [1.807, 2.05) is 17.5 Å². The van der Waals surface area contributed by atoms with Crippen molar-refractivity contribution >= 4 is 11.3 Å². The summed E-state index contributed by atoms with van der Waals surface area (Å²) in [6, 6.07) is 4.85. The Morgan fingerprint density at radius 2 is 1.95 bits per heavy atom. The van der Waals surface area contributed by atoms with Crippen molar-refractivity contribution in [2.24, 2.45) is 0 Å². The topological polar surface area (TPSA) is 29.3 Å². The van der Waals surface area contributed by atoms with Crippen LogP contribution in [0.2, 0.25) is 0 Å². The molecule has 2 heterocycles. The lowest BCUT2D eigenvalue weighted by atomic mass is 9.94. The average Bonchev–Trinajstić information content (AvgIpc) is 2.97. The number of nitrogens with zero attached hydrogens (tertiary/aromatic N) is 2. The normalized spacial score (nSPS) is 12.6. The maximum atomic E-state index is 5.92. The Labute approximate surface area is 132 Å². The highest BCUT2D eigenvalue weighted by Crippen LogP contribution is 2.24. The van der Waals surface area contributed by atoms with Crippen molar-refractivity contribution in [2.45, 2.75) is 66.1 Å². The van der Waals surface area contributed by atoms with Gasteiger partial charge in [-0.1, -0.05) is 20.8 Å². The van der Waals surface area contributed by atoms with Crippen molar-refractivity contribution in [3.63, 3.8) is 0 Å². The van der Waals surface area contributed by atoms with E-state index in [9.17, 15) is 0 Å². The van der Waals surface area contributed by atoms with Gasteiger partial charge < -0.3 is 4.42 Å². The van der Waals surface area contributed by atoms with Crippen LogP contribution < -0.4 is 0 Å². The summed E-state index contributed by atoms with van der Waals surface area (Å²) in [5, 5.41) is 0. The molecule has 0 aliphatic heterocycles. The first-order valence-electron chi connectivity index (χ1n) is 7.50. The fraction of sp³-hybridized carbons (Fsp3) is 0.588. The quantitative estimate of drug-likeness (QED) is 0.798. The van der Waals surface area contributed by atoms with Crippen molar-refractivity contribution in [1.29, 1.82) is 0 Å². The molecule has 0 bridgehead atoms. The number of aryl methyl sites for hydroxylation is 1. The zero-order valence-electron chi connectivity index (χ0n) is 13.9. The van der Waals surface area contributed by atoms with Gasteiger partial charge in [0, 0.05) is 27.8 Å². The van der Waals surface area contributed by atoms with Crippen molar-refractivity contribution in [3.05, 3.63) is 39.7 Å². The molecule has 4 heteroatoms. The van der Waals surface area contributed by atoms with Crippen LogP contribution >= 0.6 is 11.3 Å². The molecule has 116 valence electrons. The smallest absolute Gasteiger partial charge is 0.208 e. The van der Waals surface area contributed by atoms with Crippen LogP contribution in [0.4, 0.5) is 0 Å². The lowest BCUT2D eigenvalue weighted by molar-refractivity contribution is 0.182. The number of oxazole rings is 1. The minimum absolute atomic E-state index is 0.0127. The summed E-state index contributed by atoms with van der Waals surface area (Å²) < 4.78 is 5.92. The first kappa shape index (κ1) is 16.2. The lowest BCUT2D eigenvalue weighted by Crippen LogP contribution is -2.29. The summed E-state index contributed by atoms with van der Waals surface area (Å²) in [6.07, 6.45) is 1.86. The molecule has 0 spiro atoms. The Morgan fingerprint density at radius 1 is 1.24 bits per heavy atom. The third-order valence-electron chi connectivity index (χ3n) is 3.52. The van der Waals surface area contributed by atoms with E-state index in [-0.39, 0.29) is 5.41 Å². The standard InChI is InChI=1S/C17H26N2OS/c1-12(2)19(10-14-8-7-13(3)21-14)11-16-18-9-15(20-16)17(4,5)6/h7-9,12H,10-11H2,1-6H3. The summed E-state index contributed by atoms with van der Waals surface area (Å²) in [4.78, 5) is 9.59. The fourth-order valence-corrected chi connectivity index (χ4v) is 3.01. The molecular formula is C17H26N2OS. The van der Waals surface area contributed by atoms with Gasteiger partial charge in [-0.05, 0) is 32.9 Å². The van der Waals surface area contributed by atoms with Crippen molar-refractivity contribution in [3.8, 4) is 0 Å². The maximum Gasteiger partial charge on any atom is 0.208 e. The maximum absolute atomic E-state index is 5.92. The molecule has 3 nitrogen and oxygen atoms in total. The summed E-state index contributed by atoms with van der Waals surface area (Å²) in [7, 11) is 0. The largest absolute Gasteiger partial charge is 0.444 e. The number of rotatable bonds is 5. The molecule has 0 aromatic carbocycles. The van der Waals surface area contributed by atoms with Crippen molar-refractivity contribution < 1.29 is 4.42 Å². The summed E-state index contributed by atoms with van der Waals surface area (Å²) >= 11 is 1.86. The molecule has 0 N–H and O–H groups in total. The van der Waals surface area contributed by atoms with Crippen LogP contribution in [0.3, 0.4) is 0 Å². The van der Waals surface area contributed by atoms with Gasteiger partial charge in [0.25, 0.3) is 0 Å². The molecule has 0 saturated carbocycles. The average molecular weight is 306 g/mol. The molecule has 2 aromatic rings. The minimum Gasteiger partial charge on any atom is -0.444 e. The Morgan fingerprint density at radius 3 is 2.43 bits per heavy atom. The second kappa shape index (κ2) is 6.32. The van der Waals surface area contributed by atoms with Gasteiger partial charge in [0.05, 0.1) is 12.7 Å². The summed E-state index contributed by atoms with van der Waals surface area (Å²) in [5.41, 5.74) is 0.0127. The highest BCUT2D eigenvalue weighted by molar-refractivity contribution is 7.11. The molecule has 0 aliphatic rings. The van der Waals surface area contributed by atoms with E-state index >= 15 is 0 Å². The Balaban J connectivity index is 2.08. The Bertz CT molecular complexity index is 578. The molecule has 0 aliphatic carbocycles. The van der Waals surface area contributed by atoms with Crippen LogP contribution in [-0.4, -0.2) is 15.9 Å². The molecule has 0 atom stereocenters. The number of thiophene rings is 1. The number of aromatic nitrogens is 1. The molecule has 2 rings (SSSR count). The summed E-state index contributed by atoms with van der Waals surface area (Å²) in [5.74, 6) is 1.76. The van der Waals surface area contributed by atoms with Crippen LogP contribution in [0.5, 0.6) is 0 Å². The monoisotopic (exact) mass is 306 g/mol. The zero-order valence-corrected chi connectivity index (χ0v) is 14.8. The third kappa shape index (κ3) is 4.42. The Hall–Kier alpha value is -1.13. The highest BCUT2D eigenvalue weighted by Gasteiger charge is 2.21. The van der Waals surface area contributed by atoms with Crippen LogP contribution in [0.1, 0.15) is 56.0 Å². The SMILES string of the molecule is Cc1ccc(CN(Cc2ncc(C(C)(C)C)o2)C(C)C)s1. The molecule has 0 unspecified atom stereocenters. The van der Waals surface area contributed by atoms with E-state index in [4.69, 9.17) is 4.42 Å². The van der Waals surface area contributed by atoms with Gasteiger partial charge in [-0.3, -0.25) is 4.90 Å². The van der Waals surface area contributed by atoms with Gasteiger partial charge in [0.2, 0.25) is 5.89 Å². The van der Waals surface area contributed by atoms with Gasteiger partial charge in [0.1, 0.15) is 5.76 Å². The van der Waals surface area contributed by atoms with Crippen LogP contribution in [0.15, 0.2) is 22.7 Å². The van der Waals surface area contributed by atoms with Crippen LogP contribution in [0, 0.1) is 6.92 Å². The predicted octanol–water partition coefficient (Wildman–Crippen LogP) is 4.75. The van der Waals surface area contributed by atoms with E-state index in [0.29, 0.717) is 6.04 Å². The van der Waals surface area contributed by atoms with Crippen LogP contribution in [-0.2, 0) is 18.5 Å². The van der Waals surface area contributed by atoms with Crippen molar-refractivity contribution in [2.75, 3.05) is 0 Å². The van der Waals surface area contributed by atoms with E-state index in [2.05, 4.69) is 63.6 Å². The highest BCUT2D eigenvalue weighted by atomic mass is 32.1. The van der Waals surface area contributed by atoms with Crippen LogP contribution in [0.25, 0.3) is 0 Å². The fourth-order valence-electron chi connectivity index (χ4n) is 2.10. The van der Waals surface area contributed by atoms with E-state index in [1.54, 1.807) is 0 Å². The number of hydrogen-bond acceptors (Lipinski definition) is 4. The van der Waals surface area contributed by atoms with Gasteiger partial charge in [-0.25, -0.2) is 4.98 Å². The number of hydrogen-bond donors (Lipinski definition) is 0. The van der Waals surface area contributed by atoms with Gasteiger partial charge in [0.15, 0.2) is 0 Å². The zero-order chi connectivity index (χ0) is 15.6. The van der Waals surface area contributed by atoms with E-state index in [1.165, 1.54) is 9.75 Å². The van der Waals surface area contributed by atoms with Gasteiger partial charge >= 0.3 is 0 Å². The second-order valence-corrected chi connectivity index (χ2v) is 8.25. The van der Waals surface area contributed by atoms with Gasteiger partial charge in [-0.15, -0.1) is 11.3 Å². The van der Waals surface area contributed by atoms with E-state index < -0.39 is 0 Å². The lowest BCUT2D eigenvalue weighted by Gasteiger charge is -2.24. The molecule has 0 fully saturated rings. The molecule has 0 amide bonds. The third-order valence-corrected chi connectivity index (χ3v) is 4.50. The Kier molecular flexibility index (Phi) is 4.89. The first-order valence-corrected chi connectivity index (χ1v) is 8.32. The van der Waals surface area contributed by atoms with E-state index in [0.717, 1.165) is 24.7 Å². The minimum atomic E-state index is 0.0127. The molecule has 0 saturated heterocycles. The molecular weight excluding hydrogens is 280 g/mol.